The summed E-state index contributed by atoms with van der Waals surface area (Å²) < 4.78 is 18.3. The Hall–Kier alpha value is -2.90. The lowest BCUT2D eigenvalue weighted by Gasteiger charge is -2.22. The lowest BCUT2D eigenvalue weighted by Crippen LogP contribution is -2.37. The monoisotopic (exact) mass is 436 g/mol. The minimum atomic E-state index is -0.219. The fourth-order valence-corrected chi connectivity index (χ4v) is 5.16. The Morgan fingerprint density at radius 1 is 1.26 bits per heavy atom. The first-order chi connectivity index (χ1) is 15.0. The van der Waals surface area contributed by atoms with Gasteiger partial charge in [0.15, 0.2) is 22.2 Å². The topological polar surface area (TPSA) is 64.8 Å². The number of thiazole rings is 1. The molecule has 2 aromatic carbocycles. The number of rotatable bonds is 5. The van der Waals surface area contributed by atoms with Crippen molar-refractivity contribution in [3.63, 3.8) is 0 Å². The second-order valence-corrected chi connectivity index (χ2v) is 8.89. The molecular weight excluding hydrogens is 412 g/mol. The Morgan fingerprint density at radius 2 is 2.10 bits per heavy atom. The van der Waals surface area contributed by atoms with E-state index in [9.17, 15) is 4.79 Å². The molecule has 0 aliphatic carbocycles. The van der Waals surface area contributed by atoms with Crippen molar-refractivity contribution >= 4 is 43.6 Å². The average molecular weight is 437 g/mol. The minimum Gasteiger partial charge on any atom is -0.493 e. The van der Waals surface area contributed by atoms with Crippen LogP contribution in [0.3, 0.4) is 0 Å². The summed E-state index contributed by atoms with van der Waals surface area (Å²) in [5.74, 6) is 0.654. The van der Waals surface area contributed by atoms with E-state index in [1.165, 1.54) is 11.3 Å². The van der Waals surface area contributed by atoms with Gasteiger partial charge in [-0.05, 0) is 49.9 Å². The second-order valence-electron chi connectivity index (χ2n) is 7.91. The first-order valence-corrected chi connectivity index (χ1v) is 11.2. The van der Waals surface area contributed by atoms with Gasteiger partial charge in [0.1, 0.15) is 0 Å². The van der Waals surface area contributed by atoms with Crippen molar-refractivity contribution in [2.75, 3.05) is 25.2 Å². The largest absolute Gasteiger partial charge is 0.493 e. The Balaban J connectivity index is 1.58. The van der Waals surface area contributed by atoms with E-state index < -0.39 is 0 Å². The van der Waals surface area contributed by atoms with E-state index in [4.69, 9.17) is 18.9 Å². The molecule has 7 heteroatoms. The van der Waals surface area contributed by atoms with E-state index in [0.29, 0.717) is 23.0 Å². The zero-order valence-electron chi connectivity index (χ0n) is 17.8. The molecule has 0 spiro atoms. The summed E-state index contributed by atoms with van der Waals surface area (Å²) in [6.45, 7) is 5.29. The van der Waals surface area contributed by atoms with E-state index in [2.05, 4.69) is 19.1 Å². The smallest absolute Gasteiger partial charge is 0.295 e. The second kappa shape index (κ2) is 7.98. The molecule has 0 saturated carbocycles. The highest BCUT2D eigenvalue weighted by atomic mass is 32.1. The van der Waals surface area contributed by atoms with Gasteiger partial charge in [-0.1, -0.05) is 35.6 Å². The van der Waals surface area contributed by atoms with Crippen molar-refractivity contribution in [1.29, 1.82) is 0 Å². The summed E-state index contributed by atoms with van der Waals surface area (Å²) in [5, 5.41) is 1.50. The first-order valence-electron chi connectivity index (χ1n) is 10.4. The van der Waals surface area contributed by atoms with Crippen LogP contribution < -0.4 is 9.64 Å². The maximum atomic E-state index is 13.7. The summed E-state index contributed by atoms with van der Waals surface area (Å²) in [6, 6.07) is 11.5. The lowest BCUT2D eigenvalue weighted by molar-refractivity contribution is 0.0896. The number of anilines is 1. The number of hydrogen-bond acceptors (Lipinski definition) is 6. The van der Waals surface area contributed by atoms with E-state index in [1.54, 1.807) is 18.1 Å². The van der Waals surface area contributed by atoms with Crippen LogP contribution in [-0.4, -0.2) is 37.3 Å². The van der Waals surface area contributed by atoms with Crippen molar-refractivity contribution in [1.82, 2.24) is 4.98 Å². The number of benzene rings is 2. The van der Waals surface area contributed by atoms with Crippen molar-refractivity contribution in [2.24, 2.45) is 0 Å². The van der Waals surface area contributed by atoms with Gasteiger partial charge in [0.05, 0.1) is 30.0 Å². The van der Waals surface area contributed by atoms with Gasteiger partial charge in [0, 0.05) is 12.0 Å². The van der Waals surface area contributed by atoms with Crippen LogP contribution in [0.4, 0.5) is 5.13 Å². The highest BCUT2D eigenvalue weighted by molar-refractivity contribution is 7.22. The third-order valence-electron chi connectivity index (χ3n) is 5.76. The molecule has 160 valence electrons. The maximum Gasteiger partial charge on any atom is 0.295 e. The lowest BCUT2D eigenvalue weighted by atomic mass is 10.1. The van der Waals surface area contributed by atoms with E-state index in [0.717, 1.165) is 46.2 Å². The molecule has 1 saturated heterocycles. The van der Waals surface area contributed by atoms with E-state index in [-0.39, 0.29) is 17.8 Å². The van der Waals surface area contributed by atoms with Gasteiger partial charge in [0.2, 0.25) is 0 Å². The molecule has 0 radical (unpaired) electrons. The number of furan rings is 1. The molecule has 1 amide bonds. The van der Waals surface area contributed by atoms with Crippen LogP contribution in [0, 0.1) is 13.8 Å². The number of fused-ring (bicyclic) bond motifs is 2. The molecule has 1 aliphatic heterocycles. The molecule has 0 N–H and O–H groups in total. The van der Waals surface area contributed by atoms with Crippen molar-refractivity contribution in [3.8, 4) is 5.75 Å². The fourth-order valence-electron chi connectivity index (χ4n) is 4.04. The molecule has 4 aromatic rings. The number of nitrogens with zero attached hydrogens (tertiary/aromatic N) is 2. The Kier molecular flexibility index (Phi) is 5.16. The number of carbonyl (C=O) groups excluding carboxylic acids is 1. The number of aromatic nitrogens is 1. The van der Waals surface area contributed by atoms with Gasteiger partial charge in [-0.3, -0.25) is 9.69 Å². The highest BCUT2D eigenvalue weighted by Crippen LogP contribution is 2.35. The molecule has 0 unspecified atom stereocenters. The summed E-state index contributed by atoms with van der Waals surface area (Å²) >= 11 is 1.54. The number of methoxy groups -OCH3 is 1. The van der Waals surface area contributed by atoms with E-state index >= 15 is 0 Å². The van der Waals surface area contributed by atoms with Gasteiger partial charge in [-0.15, -0.1) is 0 Å². The van der Waals surface area contributed by atoms with Crippen LogP contribution in [0.2, 0.25) is 0 Å². The predicted molar refractivity (Wildman–Crippen MR) is 123 cm³/mol. The summed E-state index contributed by atoms with van der Waals surface area (Å²) in [4.78, 5) is 20.2. The van der Waals surface area contributed by atoms with Crippen molar-refractivity contribution in [2.45, 2.75) is 32.8 Å². The van der Waals surface area contributed by atoms with Crippen LogP contribution in [0.15, 0.2) is 40.8 Å². The third kappa shape index (κ3) is 3.58. The third-order valence-corrected chi connectivity index (χ3v) is 6.97. The minimum absolute atomic E-state index is 0.00271. The standard InChI is InChI=1S/C24H24N2O4S/c1-14-9-10-15(2)22-20(14)25-24(31-22)26(13-17-7-5-11-29-17)23(27)19-12-16-6-4-8-18(28-3)21(16)30-19/h4,6,8-10,12,17H,5,7,11,13H2,1-3H3/t17-/m1/s1. The van der Waals surface area contributed by atoms with Gasteiger partial charge in [-0.25, -0.2) is 4.98 Å². The normalized spacial score (nSPS) is 16.3. The maximum absolute atomic E-state index is 13.7. The van der Waals surface area contributed by atoms with E-state index in [1.807, 2.05) is 25.1 Å². The molecule has 1 fully saturated rings. The van der Waals surface area contributed by atoms with Crippen LogP contribution in [-0.2, 0) is 4.74 Å². The molecule has 1 atom stereocenters. The summed E-state index contributed by atoms with van der Waals surface area (Å²) in [5.41, 5.74) is 3.77. The van der Waals surface area contributed by atoms with Crippen molar-refractivity contribution in [3.05, 3.63) is 53.3 Å². The van der Waals surface area contributed by atoms with Gasteiger partial charge in [-0.2, -0.15) is 0 Å². The quantitative estimate of drug-likeness (QED) is 0.414. The molecule has 6 nitrogen and oxygen atoms in total. The number of aryl methyl sites for hydroxylation is 2. The summed E-state index contributed by atoms with van der Waals surface area (Å²) in [7, 11) is 1.59. The van der Waals surface area contributed by atoms with Gasteiger partial charge < -0.3 is 13.9 Å². The van der Waals surface area contributed by atoms with Crippen LogP contribution in [0.1, 0.15) is 34.5 Å². The molecule has 0 bridgehead atoms. The van der Waals surface area contributed by atoms with Crippen LogP contribution >= 0.6 is 11.3 Å². The van der Waals surface area contributed by atoms with Gasteiger partial charge in [0.25, 0.3) is 5.91 Å². The molecule has 5 rings (SSSR count). The first kappa shape index (κ1) is 20.0. The molecule has 31 heavy (non-hydrogen) atoms. The van der Waals surface area contributed by atoms with Crippen LogP contribution in [0.5, 0.6) is 5.75 Å². The zero-order valence-corrected chi connectivity index (χ0v) is 18.6. The summed E-state index contributed by atoms with van der Waals surface area (Å²) in [6.07, 6.45) is 1.94. The number of amides is 1. The Bertz CT molecular complexity index is 1230. The number of para-hydroxylation sites is 1. The van der Waals surface area contributed by atoms with Crippen molar-refractivity contribution < 1.29 is 18.7 Å². The number of carbonyl (C=O) groups is 1. The molecule has 3 heterocycles. The average Bonchev–Trinajstić information content (AvgIpc) is 3.52. The SMILES string of the molecule is COc1cccc2cc(C(=O)N(C[C@H]3CCCO3)c3nc4c(C)ccc(C)c4s3)oc12. The number of hydrogen-bond donors (Lipinski definition) is 0. The zero-order chi connectivity index (χ0) is 21.5. The Labute approximate surface area is 184 Å². The predicted octanol–water partition coefficient (Wildman–Crippen LogP) is 5.49. The number of ether oxygens (including phenoxy) is 2. The molecular formula is C24H24N2O4S. The fraction of sp³-hybridized carbons (Fsp3) is 0.333. The Morgan fingerprint density at radius 3 is 2.84 bits per heavy atom. The van der Waals surface area contributed by atoms with Gasteiger partial charge >= 0.3 is 0 Å². The molecule has 2 aromatic heterocycles. The molecule has 1 aliphatic rings. The highest BCUT2D eigenvalue weighted by Gasteiger charge is 2.29. The van der Waals surface area contributed by atoms with Crippen LogP contribution in [0.25, 0.3) is 21.2 Å².